The molecule has 0 atom stereocenters. The molecule has 0 amide bonds. The fraction of sp³-hybridized carbons (Fsp3) is 0.533. The molecule has 0 unspecified atom stereocenters. The first kappa shape index (κ1) is 15.6. The first-order valence-corrected chi connectivity index (χ1v) is 6.39. The van der Waals surface area contributed by atoms with Crippen molar-refractivity contribution in [3.8, 4) is 5.75 Å². The number of halogens is 1. The highest BCUT2D eigenvalue weighted by Crippen LogP contribution is 2.20. The van der Waals surface area contributed by atoms with Crippen LogP contribution in [0.25, 0.3) is 0 Å². The van der Waals surface area contributed by atoms with Crippen LogP contribution in [0.4, 0.5) is 4.39 Å². The number of hydrogen-bond acceptors (Lipinski definition) is 3. The molecule has 0 N–H and O–H groups in total. The van der Waals surface area contributed by atoms with Crippen LogP contribution >= 0.6 is 0 Å². The summed E-state index contributed by atoms with van der Waals surface area (Å²) in [6.45, 7) is 6.50. The van der Waals surface area contributed by atoms with E-state index in [1.54, 1.807) is 6.07 Å². The van der Waals surface area contributed by atoms with Gasteiger partial charge in [0.15, 0.2) is 17.3 Å². The number of ether oxygens (including phenoxy) is 1. The summed E-state index contributed by atoms with van der Waals surface area (Å²) in [5.41, 5.74) is 0.317. The van der Waals surface area contributed by atoms with E-state index in [4.69, 9.17) is 4.74 Å². The van der Waals surface area contributed by atoms with Gasteiger partial charge >= 0.3 is 0 Å². The molecule has 4 heteroatoms. The highest BCUT2D eigenvalue weighted by molar-refractivity contribution is 5.97. The number of methoxy groups -OCH3 is 1. The molecule has 0 radical (unpaired) electrons. The second-order valence-electron chi connectivity index (χ2n) is 5.29. The Labute approximate surface area is 114 Å². The second-order valence-corrected chi connectivity index (χ2v) is 5.29. The van der Waals surface area contributed by atoms with E-state index in [-0.39, 0.29) is 23.6 Å². The van der Waals surface area contributed by atoms with Crippen molar-refractivity contribution in [2.24, 2.45) is 0 Å². The maximum atomic E-state index is 13.6. The molecule has 0 fully saturated rings. The highest BCUT2D eigenvalue weighted by Gasteiger charge is 2.23. The predicted molar refractivity (Wildman–Crippen MR) is 74.3 cm³/mol. The third-order valence-electron chi connectivity index (χ3n) is 3.75. The average Bonchev–Trinajstić information content (AvgIpc) is 2.38. The number of rotatable bonds is 6. The smallest absolute Gasteiger partial charge is 0.176 e. The third kappa shape index (κ3) is 3.77. The Morgan fingerprint density at radius 1 is 1.42 bits per heavy atom. The fourth-order valence-corrected chi connectivity index (χ4v) is 1.63. The molecule has 0 aliphatic heterocycles. The topological polar surface area (TPSA) is 29.5 Å². The van der Waals surface area contributed by atoms with Gasteiger partial charge in [-0.05, 0) is 45.5 Å². The van der Waals surface area contributed by atoms with Gasteiger partial charge < -0.3 is 4.74 Å². The molecular formula is C15H22FNO2. The van der Waals surface area contributed by atoms with Crippen LogP contribution in [0.15, 0.2) is 18.2 Å². The molecule has 1 rings (SSSR count). The van der Waals surface area contributed by atoms with Crippen LogP contribution in [-0.2, 0) is 0 Å². The lowest BCUT2D eigenvalue weighted by Gasteiger charge is -2.34. The van der Waals surface area contributed by atoms with Crippen molar-refractivity contribution in [3.05, 3.63) is 29.6 Å². The van der Waals surface area contributed by atoms with E-state index in [1.165, 1.54) is 19.2 Å². The van der Waals surface area contributed by atoms with E-state index in [1.807, 2.05) is 11.9 Å². The van der Waals surface area contributed by atoms with Crippen LogP contribution in [0.2, 0.25) is 0 Å². The molecular weight excluding hydrogens is 245 g/mol. The van der Waals surface area contributed by atoms with E-state index < -0.39 is 5.82 Å². The summed E-state index contributed by atoms with van der Waals surface area (Å²) in [5, 5.41) is 0. The van der Waals surface area contributed by atoms with Gasteiger partial charge in [0.05, 0.1) is 13.7 Å². The Balaban J connectivity index is 2.82. The number of likely N-dealkylation sites (N-methyl/N-ethyl adjacent to an activating group) is 1. The van der Waals surface area contributed by atoms with Gasteiger partial charge in [-0.1, -0.05) is 6.92 Å². The molecule has 0 spiro atoms. The summed E-state index contributed by atoms with van der Waals surface area (Å²) < 4.78 is 18.4. The highest BCUT2D eigenvalue weighted by atomic mass is 19.1. The average molecular weight is 267 g/mol. The number of carbonyl (C=O) groups is 1. The van der Waals surface area contributed by atoms with E-state index in [2.05, 4.69) is 20.8 Å². The molecule has 0 aliphatic rings. The van der Waals surface area contributed by atoms with Crippen LogP contribution in [-0.4, -0.2) is 36.9 Å². The van der Waals surface area contributed by atoms with Crippen molar-refractivity contribution in [1.82, 2.24) is 4.90 Å². The zero-order valence-electron chi connectivity index (χ0n) is 12.3. The summed E-state index contributed by atoms with van der Waals surface area (Å²) in [7, 11) is 3.30. The number of ketones is 1. The molecule has 1 aromatic rings. The van der Waals surface area contributed by atoms with Crippen LogP contribution in [0.5, 0.6) is 5.75 Å². The van der Waals surface area contributed by atoms with Crippen LogP contribution in [0, 0.1) is 5.82 Å². The maximum Gasteiger partial charge on any atom is 0.176 e. The number of benzene rings is 1. The normalized spacial score (nSPS) is 11.7. The quantitative estimate of drug-likeness (QED) is 0.742. The van der Waals surface area contributed by atoms with Gasteiger partial charge in [-0.15, -0.1) is 0 Å². The minimum atomic E-state index is -0.509. The largest absolute Gasteiger partial charge is 0.494 e. The number of nitrogens with zero attached hydrogens (tertiary/aromatic N) is 1. The van der Waals surface area contributed by atoms with Crippen molar-refractivity contribution in [2.45, 2.75) is 32.7 Å². The maximum absolute atomic E-state index is 13.6. The molecule has 0 heterocycles. The lowest BCUT2D eigenvalue weighted by molar-refractivity contribution is 0.0846. The fourth-order valence-electron chi connectivity index (χ4n) is 1.63. The molecule has 19 heavy (non-hydrogen) atoms. The Hall–Kier alpha value is -1.42. The van der Waals surface area contributed by atoms with E-state index in [9.17, 15) is 9.18 Å². The van der Waals surface area contributed by atoms with Crippen molar-refractivity contribution in [2.75, 3.05) is 20.7 Å². The van der Waals surface area contributed by atoms with Crippen molar-refractivity contribution < 1.29 is 13.9 Å². The molecule has 0 aliphatic carbocycles. The van der Waals surface area contributed by atoms with Gasteiger partial charge in [0, 0.05) is 11.1 Å². The van der Waals surface area contributed by atoms with E-state index in [0.717, 1.165) is 6.42 Å². The molecule has 1 aromatic carbocycles. The molecule has 106 valence electrons. The van der Waals surface area contributed by atoms with Gasteiger partial charge in [0.25, 0.3) is 0 Å². The monoisotopic (exact) mass is 267 g/mol. The van der Waals surface area contributed by atoms with E-state index in [0.29, 0.717) is 5.56 Å². The number of carbonyl (C=O) groups excluding carboxylic acids is 1. The van der Waals surface area contributed by atoms with E-state index >= 15 is 0 Å². The summed E-state index contributed by atoms with van der Waals surface area (Å²) in [6.07, 6.45) is 0.938. The first-order valence-electron chi connectivity index (χ1n) is 6.39. The zero-order valence-corrected chi connectivity index (χ0v) is 12.3. The summed E-state index contributed by atoms with van der Waals surface area (Å²) >= 11 is 0. The Bertz CT molecular complexity index is 457. The first-order chi connectivity index (χ1) is 8.81. The van der Waals surface area contributed by atoms with Crippen LogP contribution in [0.3, 0.4) is 0 Å². The standard InChI is InChI=1S/C15H22FNO2/c1-6-15(2,3)17(4)10-13(18)11-7-8-14(19-5)12(16)9-11/h7-9H,6,10H2,1-5H3. The molecule has 0 aromatic heterocycles. The minimum absolute atomic E-state index is 0.0549. The van der Waals surface area contributed by atoms with Crippen molar-refractivity contribution in [1.29, 1.82) is 0 Å². The van der Waals surface area contributed by atoms with Gasteiger partial charge in [-0.2, -0.15) is 0 Å². The van der Waals surface area contributed by atoms with Crippen LogP contribution in [0.1, 0.15) is 37.6 Å². The Morgan fingerprint density at radius 3 is 2.53 bits per heavy atom. The molecule has 0 bridgehead atoms. The van der Waals surface area contributed by atoms with Crippen molar-refractivity contribution >= 4 is 5.78 Å². The SMILES string of the molecule is CCC(C)(C)N(C)CC(=O)c1ccc(OC)c(F)c1. The second kappa shape index (κ2) is 6.15. The summed E-state index contributed by atoms with van der Waals surface area (Å²) in [6, 6.07) is 4.30. The van der Waals surface area contributed by atoms with Crippen molar-refractivity contribution in [3.63, 3.8) is 0 Å². The zero-order chi connectivity index (χ0) is 14.6. The number of hydrogen-bond donors (Lipinski definition) is 0. The van der Waals surface area contributed by atoms with Crippen LogP contribution < -0.4 is 4.74 Å². The summed E-state index contributed by atoms with van der Waals surface area (Å²) in [5.74, 6) is -0.449. The van der Waals surface area contributed by atoms with Gasteiger partial charge in [0.1, 0.15) is 0 Å². The minimum Gasteiger partial charge on any atom is -0.494 e. The molecule has 3 nitrogen and oxygen atoms in total. The number of Topliss-reactive ketones (excluding diaryl/α,β-unsaturated/α-hetero) is 1. The van der Waals surface area contributed by atoms with Gasteiger partial charge in [-0.25, -0.2) is 4.39 Å². The Kier molecular flexibility index (Phi) is 5.06. The third-order valence-corrected chi connectivity index (χ3v) is 3.75. The lowest BCUT2D eigenvalue weighted by atomic mass is 9.99. The Morgan fingerprint density at radius 2 is 2.05 bits per heavy atom. The predicted octanol–water partition coefficient (Wildman–Crippen LogP) is 3.14. The molecule has 0 saturated carbocycles. The lowest BCUT2D eigenvalue weighted by Crippen LogP contribution is -2.43. The van der Waals surface area contributed by atoms with Gasteiger partial charge in [-0.3, -0.25) is 9.69 Å². The van der Waals surface area contributed by atoms with Gasteiger partial charge in [0.2, 0.25) is 0 Å². The molecule has 0 saturated heterocycles. The summed E-state index contributed by atoms with van der Waals surface area (Å²) in [4.78, 5) is 14.1.